The van der Waals surface area contributed by atoms with E-state index in [4.69, 9.17) is 16.3 Å². The van der Waals surface area contributed by atoms with Crippen molar-refractivity contribution in [2.45, 2.75) is 13.8 Å². The van der Waals surface area contributed by atoms with E-state index in [0.717, 1.165) is 16.3 Å². The van der Waals surface area contributed by atoms with Crippen molar-refractivity contribution >= 4 is 11.6 Å². The minimum Gasteiger partial charge on any atom is -0.496 e. The van der Waals surface area contributed by atoms with Crippen LogP contribution in [0.1, 0.15) is 19.4 Å². The first kappa shape index (κ1) is 9.40. The lowest BCUT2D eigenvalue weighted by Crippen LogP contribution is -1.94. The molecule has 0 aliphatic carbocycles. The molecule has 1 radical (unpaired) electrons. The normalized spacial score (nSPS) is 10.4. The summed E-state index contributed by atoms with van der Waals surface area (Å²) in [5.74, 6) is 2.08. The summed E-state index contributed by atoms with van der Waals surface area (Å²) >= 11 is 5.85. The van der Waals surface area contributed by atoms with E-state index in [-0.39, 0.29) is 0 Å². The Morgan fingerprint density at radius 1 is 1.33 bits per heavy atom. The molecule has 0 N–H and O–H groups in total. The van der Waals surface area contributed by atoms with Crippen molar-refractivity contribution in [1.82, 2.24) is 0 Å². The molecule has 0 bridgehead atoms. The maximum atomic E-state index is 5.85. The highest BCUT2D eigenvalue weighted by molar-refractivity contribution is 6.30. The van der Waals surface area contributed by atoms with Gasteiger partial charge in [-0.05, 0) is 18.2 Å². The van der Waals surface area contributed by atoms with E-state index in [1.165, 1.54) is 5.92 Å². The highest BCUT2D eigenvalue weighted by Gasteiger charge is 2.07. The topological polar surface area (TPSA) is 9.23 Å². The zero-order chi connectivity index (χ0) is 9.14. The van der Waals surface area contributed by atoms with Crippen LogP contribution >= 0.6 is 11.6 Å². The molecule has 1 rings (SSSR count). The lowest BCUT2D eigenvalue weighted by molar-refractivity contribution is 0.411. The van der Waals surface area contributed by atoms with E-state index in [1.54, 1.807) is 7.11 Å². The van der Waals surface area contributed by atoms with Gasteiger partial charge in [0.2, 0.25) is 0 Å². The molecule has 0 aliphatic heterocycles. The second kappa shape index (κ2) is 3.81. The van der Waals surface area contributed by atoms with E-state index in [9.17, 15) is 0 Å². The Morgan fingerprint density at radius 2 is 2.00 bits per heavy atom. The summed E-state index contributed by atoms with van der Waals surface area (Å²) in [7, 11) is 1.66. The maximum absolute atomic E-state index is 5.85. The summed E-state index contributed by atoms with van der Waals surface area (Å²) in [6.07, 6.45) is 0. The zero-order valence-corrected chi connectivity index (χ0v) is 8.27. The highest BCUT2D eigenvalue weighted by atomic mass is 35.5. The number of hydrogen-bond acceptors (Lipinski definition) is 1. The molecule has 0 amide bonds. The van der Waals surface area contributed by atoms with Crippen LogP contribution in [0, 0.1) is 5.92 Å². The van der Waals surface area contributed by atoms with Gasteiger partial charge in [-0.15, -0.1) is 0 Å². The fourth-order valence-electron chi connectivity index (χ4n) is 1.07. The Balaban J connectivity index is 3.12. The largest absolute Gasteiger partial charge is 0.496 e. The van der Waals surface area contributed by atoms with Gasteiger partial charge in [0, 0.05) is 16.5 Å². The predicted octanol–water partition coefficient (Wildman–Crippen LogP) is 3.31. The van der Waals surface area contributed by atoms with Crippen molar-refractivity contribution in [2.24, 2.45) is 0 Å². The van der Waals surface area contributed by atoms with E-state index in [2.05, 4.69) is 0 Å². The van der Waals surface area contributed by atoms with Gasteiger partial charge in [-0.3, -0.25) is 0 Å². The maximum Gasteiger partial charge on any atom is 0.122 e. The fraction of sp³-hybridized carbons (Fsp3) is 0.300. The Morgan fingerprint density at radius 3 is 2.50 bits per heavy atom. The molecule has 0 atom stereocenters. The standard InChI is InChI=1S/C10H12ClO/c1-7(2)9-6-8(11)4-5-10(9)12-3/h4-6H,1-3H3. The molecule has 0 spiro atoms. The molecule has 1 aromatic rings. The first-order valence-corrected chi connectivity index (χ1v) is 4.17. The first-order valence-electron chi connectivity index (χ1n) is 3.79. The van der Waals surface area contributed by atoms with Gasteiger partial charge in [0.15, 0.2) is 0 Å². The van der Waals surface area contributed by atoms with Crippen LogP contribution in [0.2, 0.25) is 5.02 Å². The van der Waals surface area contributed by atoms with E-state index < -0.39 is 0 Å². The monoisotopic (exact) mass is 183 g/mol. The van der Waals surface area contributed by atoms with Gasteiger partial charge in [-0.2, -0.15) is 0 Å². The van der Waals surface area contributed by atoms with Crippen molar-refractivity contribution in [1.29, 1.82) is 0 Å². The highest BCUT2D eigenvalue weighted by Crippen LogP contribution is 2.28. The number of methoxy groups -OCH3 is 1. The van der Waals surface area contributed by atoms with Crippen molar-refractivity contribution in [2.75, 3.05) is 7.11 Å². The Kier molecular flexibility index (Phi) is 2.99. The SMILES string of the molecule is COc1ccc(Cl)cc1[C](C)C. The van der Waals surface area contributed by atoms with Crippen LogP contribution in [0.15, 0.2) is 18.2 Å². The minimum atomic E-state index is 0.743. The molecule has 2 heteroatoms. The number of rotatable bonds is 2. The van der Waals surface area contributed by atoms with Gasteiger partial charge in [0.25, 0.3) is 0 Å². The first-order chi connectivity index (χ1) is 5.65. The van der Waals surface area contributed by atoms with Crippen LogP contribution < -0.4 is 4.74 Å². The number of halogens is 1. The summed E-state index contributed by atoms with van der Waals surface area (Å²) in [5, 5.41) is 0.743. The number of hydrogen-bond donors (Lipinski definition) is 0. The van der Waals surface area contributed by atoms with Gasteiger partial charge < -0.3 is 4.74 Å². The Labute approximate surface area is 78.3 Å². The summed E-state index contributed by atoms with van der Waals surface area (Å²) < 4.78 is 5.18. The molecule has 1 nitrogen and oxygen atoms in total. The van der Waals surface area contributed by atoms with E-state index >= 15 is 0 Å². The van der Waals surface area contributed by atoms with Crippen LogP contribution in [0.3, 0.4) is 0 Å². The lowest BCUT2D eigenvalue weighted by Gasteiger charge is -2.10. The van der Waals surface area contributed by atoms with Gasteiger partial charge in [-0.25, -0.2) is 0 Å². The average Bonchev–Trinajstić information content (AvgIpc) is 2.04. The summed E-state index contributed by atoms with van der Waals surface area (Å²) in [4.78, 5) is 0. The third kappa shape index (κ3) is 1.92. The van der Waals surface area contributed by atoms with Gasteiger partial charge in [-0.1, -0.05) is 25.4 Å². The molecule has 0 aromatic heterocycles. The van der Waals surface area contributed by atoms with Crippen LogP contribution in [-0.4, -0.2) is 7.11 Å². The van der Waals surface area contributed by atoms with Crippen molar-refractivity contribution in [3.05, 3.63) is 34.7 Å². The average molecular weight is 184 g/mol. The summed E-state index contributed by atoms with van der Waals surface area (Å²) in [5.41, 5.74) is 1.07. The number of benzene rings is 1. The third-order valence-electron chi connectivity index (χ3n) is 1.70. The molecule has 0 fully saturated rings. The van der Waals surface area contributed by atoms with E-state index in [1.807, 2.05) is 32.0 Å². The number of ether oxygens (including phenoxy) is 1. The molecule has 0 saturated carbocycles. The molecular weight excluding hydrogens is 172 g/mol. The molecular formula is C10H12ClO. The van der Waals surface area contributed by atoms with Crippen LogP contribution in [0.5, 0.6) is 5.75 Å². The molecule has 0 saturated heterocycles. The van der Waals surface area contributed by atoms with Crippen molar-refractivity contribution in [3.8, 4) is 5.75 Å². The van der Waals surface area contributed by atoms with Crippen molar-refractivity contribution < 1.29 is 4.74 Å². The zero-order valence-electron chi connectivity index (χ0n) is 7.52. The van der Waals surface area contributed by atoms with Crippen LogP contribution in [-0.2, 0) is 0 Å². The van der Waals surface area contributed by atoms with Crippen molar-refractivity contribution in [3.63, 3.8) is 0 Å². The smallest absolute Gasteiger partial charge is 0.122 e. The lowest BCUT2D eigenvalue weighted by atomic mass is 10.0. The molecule has 65 valence electrons. The third-order valence-corrected chi connectivity index (χ3v) is 1.94. The predicted molar refractivity (Wildman–Crippen MR) is 51.7 cm³/mol. The van der Waals surface area contributed by atoms with E-state index in [0.29, 0.717) is 0 Å². The van der Waals surface area contributed by atoms with Crippen LogP contribution in [0.25, 0.3) is 0 Å². The summed E-state index contributed by atoms with van der Waals surface area (Å²) in [6, 6.07) is 5.62. The second-order valence-corrected chi connectivity index (χ2v) is 3.28. The molecule has 0 aliphatic rings. The summed E-state index contributed by atoms with van der Waals surface area (Å²) in [6.45, 7) is 4.07. The van der Waals surface area contributed by atoms with Gasteiger partial charge >= 0.3 is 0 Å². The molecule has 1 aromatic carbocycles. The van der Waals surface area contributed by atoms with Crippen LogP contribution in [0.4, 0.5) is 0 Å². The molecule has 0 unspecified atom stereocenters. The second-order valence-electron chi connectivity index (χ2n) is 2.84. The Bertz CT molecular complexity index is 269. The minimum absolute atomic E-state index is 0.743. The molecule has 0 heterocycles. The van der Waals surface area contributed by atoms with Gasteiger partial charge in [0.1, 0.15) is 5.75 Å². The quantitative estimate of drug-likeness (QED) is 0.684. The van der Waals surface area contributed by atoms with Gasteiger partial charge in [0.05, 0.1) is 7.11 Å². The fourth-order valence-corrected chi connectivity index (χ4v) is 1.24. The Hall–Kier alpha value is -0.690. The molecule has 12 heavy (non-hydrogen) atoms.